The molecule has 1 heterocycles. The van der Waals surface area contributed by atoms with Crippen LogP contribution in [-0.2, 0) is 11.2 Å². The second-order valence-corrected chi connectivity index (χ2v) is 6.18. The summed E-state index contributed by atoms with van der Waals surface area (Å²) in [6, 6.07) is 15.3. The first kappa shape index (κ1) is 18.1. The van der Waals surface area contributed by atoms with Crippen LogP contribution in [0.4, 0.5) is 0 Å². The van der Waals surface area contributed by atoms with Gasteiger partial charge in [-0.05, 0) is 43.7 Å². The van der Waals surface area contributed by atoms with Crippen molar-refractivity contribution < 1.29 is 19.0 Å². The number of fused-ring (bicyclic) bond motifs is 1. The first-order chi connectivity index (χ1) is 12.7. The van der Waals surface area contributed by atoms with Gasteiger partial charge in [0.1, 0.15) is 12.4 Å². The van der Waals surface area contributed by atoms with Crippen LogP contribution in [0.25, 0.3) is 0 Å². The van der Waals surface area contributed by atoms with Gasteiger partial charge in [-0.15, -0.1) is 0 Å². The molecule has 0 saturated heterocycles. The van der Waals surface area contributed by atoms with E-state index in [1.54, 1.807) is 0 Å². The fraction of sp³-hybridized carbons (Fsp3) is 0.381. The van der Waals surface area contributed by atoms with Crippen molar-refractivity contribution in [2.45, 2.75) is 26.4 Å². The van der Waals surface area contributed by atoms with Gasteiger partial charge in [0, 0.05) is 6.54 Å². The fourth-order valence-electron chi connectivity index (χ4n) is 2.96. The highest BCUT2D eigenvalue weighted by atomic mass is 16.6. The largest absolute Gasteiger partial charge is 0.494 e. The Kier molecular flexibility index (Phi) is 6.00. The van der Waals surface area contributed by atoms with E-state index in [1.165, 1.54) is 0 Å². The highest BCUT2D eigenvalue weighted by molar-refractivity contribution is 5.78. The lowest BCUT2D eigenvalue weighted by Crippen LogP contribution is -2.44. The lowest BCUT2D eigenvalue weighted by molar-refractivity contribution is -0.131. The molecule has 0 N–H and O–H groups in total. The molecule has 1 aliphatic heterocycles. The van der Waals surface area contributed by atoms with Gasteiger partial charge in [0.2, 0.25) is 5.91 Å². The zero-order chi connectivity index (χ0) is 18.4. The van der Waals surface area contributed by atoms with Crippen LogP contribution < -0.4 is 14.2 Å². The molecule has 2 aromatic rings. The van der Waals surface area contributed by atoms with Crippen LogP contribution in [0.3, 0.4) is 0 Å². The Morgan fingerprint density at radius 3 is 2.54 bits per heavy atom. The molecule has 0 spiro atoms. The summed E-state index contributed by atoms with van der Waals surface area (Å²) < 4.78 is 17.1. The van der Waals surface area contributed by atoms with Gasteiger partial charge in [-0.25, -0.2) is 0 Å². The Morgan fingerprint density at radius 2 is 1.85 bits per heavy atom. The molecule has 1 atom stereocenters. The number of likely N-dealkylation sites (N-methyl/N-ethyl adjacent to an activating group) is 1. The molecule has 0 fully saturated rings. The molecule has 5 nitrogen and oxygen atoms in total. The molecule has 0 aromatic heterocycles. The third-order valence-corrected chi connectivity index (χ3v) is 4.32. The highest BCUT2D eigenvalue weighted by Crippen LogP contribution is 2.31. The first-order valence-electron chi connectivity index (χ1n) is 9.07. The van der Waals surface area contributed by atoms with Crippen LogP contribution in [0.2, 0.25) is 0 Å². The van der Waals surface area contributed by atoms with E-state index in [0.717, 1.165) is 22.8 Å². The molecule has 0 radical (unpaired) electrons. The van der Waals surface area contributed by atoms with Crippen molar-refractivity contribution in [3.63, 3.8) is 0 Å². The minimum Gasteiger partial charge on any atom is -0.494 e. The average molecular weight is 355 g/mol. The van der Waals surface area contributed by atoms with Crippen LogP contribution in [0.15, 0.2) is 48.5 Å². The summed E-state index contributed by atoms with van der Waals surface area (Å²) in [5, 5.41) is 0. The minimum absolute atomic E-state index is 0.0825. The van der Waals surface area contributed by atoms with Gasteiger partial charge in [0.05, 0.1) is 19.6 Å². The smallest absolute Gasteiger partial charge is 0.227 e. The molecule has 3 rings (SSSR count). The number of nitrogens with zero attached hydrogens (tertiary/aromatic N) is 1. The number of rotatable bonds is 7. The summed E-state index contributed by atoms with van der Waals surface area (Å²) in [5.41, 5.74) is 0.975. The number of carbonyl (C=O) groups excluding carboxylic acids is 1. The molecule has 138 valence electrons. The number of carbonyl (C=O) groups is 1. The SMILES string of the molecule is CCOc1ccc(CC(=O)N(CC)CC2COc3ccccc3O2)cc1. The predicted octanol–water partition coefficient (Wildman–Crippen LogP) is 3.32. The number of hydrogen-bond donors (Lipinski definition) is 0. The average Bonchev–Trinajstić information content (AvgIpc) is 2.67. The Hall–Kier alpha value is -2.69. The second-order valence-electron chi connectivity index (χ2n) is 6.18. The standard InChI is InChI=1S/C21H25NO4/c1-3-22(14-18-15-25-19-7-5-6-8-20(19)26-18)21(23)13-16-9-11-17(12-10-16)24-4-2/h5-12,18H,3-4,13-15H2,1-2H3. The van der Waals surface area contributed by atoms with E-state index in [0.29, 0.717) is 32.7 Å². The molecular weight excluding hydrogens is 330 g/mol. The quantitative estimate of drug-likeness (QED) is 0.764. The van der Waals surface area contributed by atoms with E-state index in [-0.39, 0.29) is 12.0 Å². The summed E-state index contributed by atoms with van der Waals surface area (Å²) in [4.78, 5) is 14.5. The van der Waals surface area contributed by atoms with Gasteiger partial charge in [0.15, 0.2) is 17.6 Å². The van der Waals surface area contributed by atoms with Crippen LogP contribution in [0.1, 0.15) is 19.4 Å². The summed E-state index contributed by atoms with van der Waals surface area (Å²) in [6.07, 6.45) is 0.207. The van der Waals surface area contributed by atoms with E-state index < -0.39 is 0 Å². The third-order valence-electron chi connectivity index (χ3n) is 4.32. The normalized spacial score (nSPS) is 15.4. The van der Waals surface area contributed by atoms with E-state index in [1.807, 2.05) is 67.3 Å². The maximum Gasteiger partial charge on any atom is 0.227 e. The summed E-state index contributed by atoms with van der Waals surface area (Å²) in [7, 11) is 0. The molecule has 0 saturated carbocycles. The number of hydrogen-bond acceptors (Lipinski definition) is 4. The number of para-hydroxylation sites is 2. The van der Waals surface area contributed by atoms with Gasteiger partial charge in [0.25, 0.3) is 0 Å². The Bertz CT molecular complexity index is 729. The molecule has 2 aromatic carbocycles. The number of ether oxygens (including phenoxy) is 3. The van der Waals surface area contributed by atoms with Crippen LogP contribution in [0.5, 0.6) is 17.2 Å². The molecule has 1 unspecified atom stereocenters. The lowest BCUT2D eigenvalue weighted by atomic mass is 10.1. The molecule has 5 heteroatoms. The molecule has 0 bridgehead atoms. The summed E-state index contributed by atoms with van der Waals surface area (Å²) in [6.45, 7) is 6.16. The molecule has 26 heavy (non-hydrogen) atoms. The van der Waals surface area contributed by atoms with Crippen LogP contribution >= 0.6 is 0 Å². The molecule has 1 amide bonds. The van der Waals surface area contributed by atoms with Crippen LogP contribution in [-0.4, -0.2) is 43.2 Å². The topological polar surface area (TPSA) is 48.0 Å². The van der Waals surface area contributed by atoms with Crippen molar-refractivity contribution in [3.05, 3.63) is 54.1 Å². The van der Waals surface area contributed by atoms with E-state index >= 15 is 0 Å². The number of benzene rings is 2. The van der Waals surface area contributed by atoms with Gasteiger partial charge >= 0.3 is 0 Å². The zero-order valence-corrected chi connectivity index (χ0v) is 15.3. The van der Waals surface area contributed by atoms with Gasteiger partial charge in [-0.1, -0.05) is 24.3 Å². The van der Waals surface area contributed by atoms with Crippen molar-refractivity contribution in [3.8, 4) is 17.2 Å². The zero-order valence-electron chi connectivity index (χ0n) is 15.3. The minimum atomic E-state index is -0.158. The van der Waals surface area contributed by atoms with Crippen LogP contribution in [0, 0.1) is 0 Å². The van der Waals surface area contributed by atoms with Crippen molar-refractivity contribution in [2.75, 3.05) is 26.3 Å². The molecule has 1 aliphatic rings. The molecular formula is C21H25NO4. The maximum absolute atomic E-state index is 12.7. The second kappa shape index (κ2) is 8.61. The Labute approximate surface area is 154 Å². The predicted molar refractivity (Wildman–Crippen MR) is 99.9 cm³/mol. The van der Waals surface area contributed by atoms with Crippen molar-refractivity contribution in [1.82, 2.24) is 4.90 Å². The molecule has 0 aliphatic carbocycles. The summed E-state index contributed by atoms with van der Waals surface area (Å²) >= 11 is 0. The third kappa shape index (κ3) is 4.48. The first-order valence-corrected chi connectivity index (χ1v) is 9.07. The van der Waals surface area contributed by atoms with E-state index in [9.17, 15) is 4.79 Å². The summed E-state index contributed by atoms with van der Waals surface area (Å²) in [5.74, 6) is 2.40. The van der Waals surface area contributed by atoms with Crippen molar-refractivity contribution in [2.24, 2.45) is 0 Å². The lowest BCUT2D eigenvalue weighted by Gasteiger charge is -2.31. The van der Waals surface area contributed by atoms with Crippen molar-refractivity contribution >= 4 is 5.91 Å². The number of amides is 1. The van der Waals surface area contributed by atoms with E-state index in [4.69, 9.17) is 14.2 Å². The highest BCUT2D eigenvalue weighted by Gasteiger charge is 2.24. The van der Waals surface area contributed by atoms with E-state index in [2.05, 4.69) is 0 Å². The van der Waals surface area contributed by atoms with Gasteiger partial charge in [-0.2, -0.15) is 0 Å². The Balaban J connectivity index is 1.57. The monoisotopic (exact) mass is 355 g/mol. The maximum atomic E-state index is 12.7. The van der Waals surface area contributed by atoms with Gasteiger partial charge in [-0.3, -0.25) is 4.79 Å². The fourth-order valence-corrected chi connectivity index (χ4v) is 2.96. The van der Waals surface area contributed by atoms with Gasteiger partial charge < -0.3 is 19.1 Å². The van der Waals surface area contributed by atoms with Crippen molar-refractivity contribution in [1.29, 1.82) is 0 Å². The Morgan fingerprint density at radius 1 is 1.12 bits per heavy atom.